The summed E-state index contributed by atoms with van der Waals surface area (Å²) in [7, 11) is 0. The molecule has 1 aromatic carbocycles. The Bertz CT molecular complexity index is 623. The molecule has 0 aliphatic carbocycles. The van der Waals surface area contributed by atoms with Gasteiger partial charge in [-0.2, -0.15) is 13.2 Å². The molecule has 2 rings (SSSR count). The van der Waals surface area contributed by atoms with Gasteiger partial charge in [-0.1, -0.05) is 31.5 Å². The minimum Gasteiger partial charge on any atom is -0.345 e. The first kappa shape index (κ1) is 16.5. The Hall–Kier alpha value is -1.82. The zero-order valence-corrected chi connectivity index (χ0v) is 12.8. The molecule has 22 heavy (non-hydrogen) atoms. The number of nitrogens with one attached hydrogen (secondary N) is 1. The molecule has 118 valence electrons. The third-order valence-corrected chi connectivity index (χ3v) is 4.11. The summed E-state index contributed by atoms with van der Waals surface area (Å²) in [5.74, 6) is -0.258. The minimum atomic E-state index is -4.38. The summed E-state index contributed by atoms with van der Waals surface area (Å²) >= 11 is 1.30. The number of amides is 1. The first-order valence-electron chi connectivity index (χ1n) is 6.93. The lowest BCUT2D eigenvalue weighted by atomic mass is 10.00. The summed E-state index contributed by atoms with van der Waals surface area (Å²) in [4.78, 5) is 12.7. The number of hydrogen-bond donors (Lipinski definition) is 1. The molecule has 0 fully saturated rings. The molecule has 1 heterocycles. The van der Waals surface area contributed by atoms with Crippen LogP contribution in [0.1, 0.15) is 46.6 Å². The molecule has 0 saturated heterocycles. The van der Waals surface area contributed by atoms with Crippen LogP contribution in [0.4, 0.5) is 13.2 Å². The lowest BCUT2D eigenvalue weighted by molar-refractivity contribution is -0.137. The molecule has 0 bridgehead atoms. The van der Waals surface area contributed by atoms with Gasteiger partial charge in [0.15, 0.2) is 0 Å². The summed E-state index contributed by atoms with van der Waals surface area (Å²) < 4.78 is 38.5. The van der Waals surface area contributed by atoms with Crippen LogP contribution < -0.4 is 5.32 Å². The van der Waals surface area contributed by atoms with E-state index in [0.29, 0.717) is 16.9 Å². The topological polar surface area (TPSA) is 29.1 Å². The van der Waals surface area contributed by atoms with Crippen molar-refractivity contribution in [3.8, 4) is 0 Å². The van der Waals surface area contributed by atoms with Crippen molar-refractivity contribution in [2.75, 3.05) is 0 Å². The van der Waals surface area contributed by atoms with Gasteiger partial charge in [-0.25, -0.2) is 0 Å². The van der Waals surface area contributed by atoms with Crippen LogP contribution in [0.2, 0.25) is 0 Å². The highest BCUT2D eigenvalue weighted by Gasteiger charge is 2.31. The van der Waals surface area contributed by atoms with E-state index in [1.165, 1.54) is 17.4 Å². The van der Waals surface area contributed by atoms with Gasteiger partial charge in [0.25, 0.3) is 5.91 Å². The summed E-state index contributed by atoms with van der Waals surface area (Å²) in [5, 5.41) is 4.61. The number of benzene rings is 1. The molecule has 0 spiro atoms. The number of hydrogen-bond acceptors (Lipinski definition) is 2. The minimum absolute atomic E-state index is 0.258. The van der Waals surface area contributed by atoms with E-state index in [1.54, 1.807) is 23.6 Å². The molecule has 1 N–H and O–H groups in total. The normalized spacial score (nSPS) is 12.9. The van der Waals surface area contributed by atoms with Gasteiger partial charge in [0.05, 0.1) is 16.5 Å². The second-order valence-electron chi connectivity index (χ2n) is 4.92. The predicted octanol–water partition coefficient (Wildman–Crippen LogP) is 5.04. The highest BCUT2D eigenvalue weighted by Crippen LogP contribution is 2.31. The van der Waals surface area contributed by atoms with Crippen molar-refractivity contribution < 1.29 is 18.0 Å². The van der Waals surface area contributed by atoms with Gasteiger partial charge in [0, 0.05) is 0 Å². The van der Waals surface area contributed by atoms with Crippen LogP contribution in [0, 0.1) is 0 Å². The zero-order chi connectivity index (χ0) is 16.2. The van der Waals surface area contributed by atoms with Crippen LogP contribution in [-0.4, -0.2) is 5.91 Å². The zero-order valence-electron chi connectivity index (χ0n) is 12.0. The fourth-order valence-corrected chi connectivity index (χ4v) is 2.81. The molecule has 1 aromatic heterocycles. The third kappa shape index (κ3) is 4.10. The molecule has 1 amide bonds. The van der Waals surface area contributed by atoms with E-state index in [-0.39, 0.29) is 5.91 Å². The van der Waals surface area contributed by atoms with E-state index in [4.69, 9.17) is 0 Å². The van der Waals surface area contributed by atoms with Gasteiger partial charge in [0.1, 0.15) is 0 Å². The van der Waals surface area contributed by atoms with Crippen molar-refractivity contribution in [3.63, 3.8) is 0 Å². The molecule has 2 nitrogen and oxygen atoms in total. The lowest BCUT2D eigenvalue weighted by Gasteiger charge is -2.19. The Morgan fingerprint density at radius 2 is 2.05 bits per heavy atom. The van der Waals surface area contributed by atoms with Crippen molar-refractivity contribution in [1.82, 2.24) is 5.32 Å². The SMILES string of the molecule is CCC[C@@H](NC(=O)c1cccs1)c1cccc(C(F)(F)F)c1. The van der Waals surface area contributed by atoms with Crippen LogP contribution >= 0.6 is 11.3 Å². The molecule has 2 aromatic rings. The highest BCUT2D eigenvalue weighted by atomic mass is 32.1. The van der Waals surface area contributed by atoms with Crippen LogP contribution in [0.5, 0.6) is 0 Å². The fourth-order valence-electron chi connectivity index (χ4n) is 2.18. The summed E-state index contributed by atoms with van der Waals surface area (Å²) in [6.45, 7) is 1.93. The molecule has 0 saturated carbocycles. The highest BCUT2D eigenvalue weighted by molar-refractivity contribution is 7.12. The first-order chi connectivity index (χ1) is 10.4. The summed E-state index contributed by atoms with van der Waals surface area (Å²) in [5.41, 5.74) is -0.224. The van der Waals surface area contributed by atoms with E-state index < -0.39 is 17.8 Å². The summed E-state index contributed by atoms with van der Waals surface area (Å²) in [6.07, 6.45) is -3.05. The van der Waals surface area contributed by atoms with E-state index in [9.17, 15) is 18.0 Å². The fraction of sp³-hybridized carbons (Fsp3) is 0.312. The van der Waals surface area contributed by atoms with Crippen LogP contribution in [0.15, 0.2) is 41.8 Å². The van der Waals surface area contributed by atoms with E-state index in [0.717, 1.165) is 18.6 Å². The van der Waals surface area contributed by atoms with Gasteiger partial charge in [-0.15, -0.1) is 11.3 Å². The van der Waals surface area contributed by atoms with Gasteiger partial charge >= 0.3 is 6.18 Å². The van der Waals surface area contributed by atoms with Crippen molar-refractivity contribution in [2.24, 2.45) is 0 Å². The number of carbonyl (C=O) groups excluding carboxylic acids is 1. The molecular formula is C16H16F3NOS. The number of rotatable bonds is 5. The second-order valence-corrected chi connectivity index (χ2v) is 5.86. The predicted molar refractivity (Wildman–Crippen MR) is 80.9 cm³/mol. The van der Waals surface area contributed by atoms with Crippen LogP contribution in [-0.2, 0) is 6.18 Å². The van der Waals surface area contributed by atoms with Crippen molar-refractivity contribution >= 4 is 17.2 Å². The average molecular weight is 327 g/mol. The molecule has 0 aliphatic rings. The smallest absolute Gasteiger partial charge is 0.345 e. The van der Waals surface area contributed by atoms with Crippen molar-refractivity contribution in [2.45, 2.75) is 32.0 Å². The molecule has 0 radical (unpaired) electrons. The Morgan fingerprint density at radius 3 is 2.64 bits per heavy atom. The maximum Gasteiger partial charge on any atom is 0.416 e. The average Bonchev–Trinajstić information content (AvgIpc) is 3.00. The van der Waals surface area contributed by atoms with Crippen LogP contribution in [0.3, 0.4) is 0 Å². The van der Waals surface area contributed by atoms with Gasteiger partial charge in [-0.05, 0) is 35.6 Å². The Labute approximate surface area is 131 Å². The molecule has 1 atom stereocenters. The number of thiophene rings is 1. The van der Waals surface area contributed by atoms with Gasteiger partial charge in [0.2, 0.25) is 0 Å². The number of carbonyl (C=O) groups is 1. The molecule has 0 aliphatic heterocycles. The first-order valence-corrected chi connectivity index (χ1v) is 7.81. The number of halogens is 3. The second kappa shape index (κ2) is 6.96. The largest absolute Gasteiger partial charge is 0.416 e. The Balaban J connectivity index is 2.22. The van der Waals surface area contributed by atoms with E-state index in [1.807, 2.05) is 6.92 Å². The van der Waals surface area contributed by atoms with Crippen molar-refractivity contribution in [3.05, 3.63) is 57.8 Å². The molecule has 6 heteroatoms. The maximum atomic E-state index is 12.8. The number of alkyl halides is 3. The van der Waals surface area contributed by atoms with Gasteiger partial charge < -0.3 is 5.32 Å². The van der Waals surface area contributed by atoms with Crippen molar-refractivity contribution in [1.29, 1.82) is 0 Å². The molecule has 0 unspecified atom stereocenters. The Morgan fingerprint density at radius 1 is 1.27 bits per heavy atom. The monoisotopic (exact) mass is 327 g/mol. The molecular weight excluding hydrogens is 311 g/mol. The Kier molecular flexibility index (Phi) is 5.24. The maximum absolute atomic E-state index is 12.8. The van der Waals surface area contributed by atoms with Crippen LogP contribution in [0.25, 0.3) is 0 Å². The standard InChI is InChI=1S/C16H16F3NOS/c1-2-5-13(20-15(21)14-8-4-9-22-14)11-6-3-7-12(10-11)16(17,18)19/h3-4,6-10,13H,2,5H2,1H3,(H,20,21)/t13-/m1/s1. The third-order valence-electron chi connectivity index (χ3n) is 3.24. The van der Waals surface area contributed by atoms with Gasteiger partial charge in [-0.3, -0.25) is 4.79 Å². The quantitative estimate of drug-likeness (QED) is 0.819. The summed E-state index contributed by atoms with van der Waals surface area (Å²) in [6, 6.07) is 8.15. The van der Waals surface area contributed by atoms with E-state index in [2.05, 4.69) is 5.32 Å². The van der Waals surface area contributed by atoms with E-state index >= 15 is 0 Å². The lowest BCUT2D eigenvalue weighted by Crippen LogP contribution is -2.28.